The van der Waals surface area contributed by atoms with E-state index < -0.39 is 0 Å². The maximum absolute atomic E-state index is 11.3. The van der Waals surface area contributed by atoms with Crippen molar-refractivity contribution in [1.82, 2.24) is 4.90 Å². The van der Waals surface area contributed by atoms with Crippen LogP contribution in [0.2, 0.25) is 0 Å². The molecule has 5 heteroatoms. The van der Waals surface area contributed by atoms with Gasteiger partial charge in [-0.3, -0.25) is 0 Å². The fourth-order valence-electron chi connectivity index (χ4n) is 1.55. The van der Waals surface area contributed by atoms with Crippen LogP contribution in [-0.4, -0.2) is 24.1 Å². The van der Waals surface area contributed by atoms with Crippen LogP contribution < -0.4 is 5.73 Å². The third-order valence-corrected chi connectivity index (χ3v) is 2.32. The highest BCUT2D eigenvalue weighted by molar-refractivity contribution is 5.68. The van der Waals surface area contributed by atoms with Crippen LogP contribution in [0.15, 0.2) is 16.5 Å². The molecular weight excluding hydrogens is 196 g/mol. The van der Waals surface area contributed by atoms with E-state index in [9.17, 15) is 4.79 Å². The fourth-order valence-corrected chi connectivity index (χ4v) is 1.55. The van der Waals surface area contributed by atoms with Gasteiger partial charge in [0.2, 0.25) is 0 Å². The summed E-state index contributed by atoms with van der Waals surface area (Å²) in [5, 5.41) is 0. The van der Waals surface area contributed by atoms with Crippen LogP contribution in [0.5, 0.6) is 0 Å². The van der Waals surface area contributed by atoms with Crippen molar-refractivity contribution in [1.29, 1.82) is 0 Å². The van der Waals surface area contributed by atoms with Crippen LogP contribution in [0.25, 0.3) is 0 Å². The third-order valence-electron chi connectivity index (χ3n) is 2.32. The summed E-state index contributed by atoms with van der Waals surface area (Å²) in [7, 11) is 0. The number of hydrogen-bond acceptors (Lipinski definition) is 4. The molecule has 0 saturated carbocycles. The van der Waals surface area contributed by atoms with E-state index in [1.807, 2.05) is 12.1 Å². The zero-order valence-corrected chi connectivity index (χ0v) is 8.44. The van der Waals surface area contributed by atoms with E-state index in [2.05, 4.69) is 0 Å². The summed E-state index contributed by atoms with van der Waals surface area (Å²) >= 11 is 0. The van der Waals surface area contributed by atoms with Gasteiger partial charge < -0.3 is 19.8 Å². The molecule has 0 spiro atoms. The molecule has 1 fully saturated rings. The predicted molar refractivity (Wildman–Crippen MR) is 53.0 cm³/mol. The lowest BCUT2D eigenvalue weighted by Gasteiger charge is -2.25. The average molecular weight is 210 g/mol. The van der Waals surface area contributed by atoms with Crippen LogP contribution in [0.4, 0.5) is 4.79 Å². The minimum atomic E-state index is -0.271. The van der Waals surface area contributed by atoms with Crippen molar-refractivity contribution in [3.63, 3.8) is 0 Å². The monoisotopic (exact) mass is 210 g/mol. The van der Waals surface area contributed by atoms with Crippen molar-refractivity contribution in [3.05, 3.63) is 23.7 Å². The number of cyclic esters (lactones) is 1. The van der Waals surface area contributed by atoms with Crippen molar-refractivity contribution in [3.8, 4) is 0 Å². The number of ether oxygens (including phenoxy) is 1. The Kier molecular flexibility index (Phi) is 2.91. The zero-order valence-electron chi connectivity index (χ0n) is 8.44. The molecule has 1 aliphatic heterocycles. The Morgan fingerprint density at radius 1 is 1.40 bits per heavy atom. The first kappa shape index (κ1) is 10.0. The van der Waals surface area contributed by atoms with E-state index in [4.69, 9.17) is 14.9 Å². The number of nitrogens with zero attached hydrogens (tertiary/aromatic N) is 1. The normalized spacial score (nSPS) is 16.6. The van der Waals surface area contributed by atoms with E-state index in [0.29, 0.717) is 19.7 Å². The first-order valence-corrected chi connectivity index (χ1v) is 4.99. The molecule has 0 bridgehead atoms. The second-order valence-electron chi connectivity index (χ2n) is 3.46. The molecule has 5 nitrogen and oxygen atoms in total. The highest BCUT2D eigenvalue weighted by Crippen LogP contribution is 2.13. The second kappa shape index (κ2) is 4.35. The average Bonchev–Trinajstić information content (AvgIpc) is 2.69. The molecule has 1 aliphatic rings. The van der Waals surface area contributed by atoms with Gasteiger partial charge in [-0.1, -0.05) is 0 Å². The predicted octanol–water partition coefficient (Wildman–Crippen LogP) is 1.08. The Bertz CT molecular complexity index is 348. The molecule has 0 atom stereocenters. The molecule has 1 aromatic heterocycles. The number of hydrogen-bond donors (Lipinski definition) is 1. The highest BCUT2D eigenvalue weighted by atomic mass is 16.6. The number of rotatable bonds is 3. The molecule has 0 aromatic carbocycles. The van der Waals surface area contributed by atoms with Crippen LogP contribution in [0.1, 0.15) is 17.9 Å². The summed E-state index contributed by atoms with van der Waals surface area (Å²) in [6.45, 7) is 2.07. The molecular formula is C10H14N2O3. The molecule has 0 aliphatic carbocycles. The van der Waals surface area contributed by atoms with E-state index in [1.54, 1.807) is 4.90 Å². The summed E-state index contributed by atoms with van der Waals surface area (Å²) in [6.07, 6.45) is 0.600. The van der Waals surface area contributed by atoms with Gasteiger partial charge in [-0.15, -0.1) is 0 Å². The number of carbonyl (C=O) groups excluding carboxylic acids is 1. The minimum absolute atomic E-state index is 0.271. The molecule has 2 rings (SSSR count). The lowest BCUT2D eigenvalue weighted by Crippen LogP contribution is -2.36. The van der Waals surface area contributed by atoms with Gasteiger partial charge in [-0.25, -0.2) is 4.79 Å². The van der Waals surface area contributed by atoms with E-state index in [1.165, 1.54) is 0 Å². The lowest BCUT2D eigenvalue weighted by atomic mass is 10.3. The molecule has 0 unspecified atom stereocenters. The van der Waals surface area contributed by atoms with E-state index >= 15 is 0 Å². The quantitative estimate of drug-likeness (QED) is 0.810. The molecule has 0 radical (unpaired) electrons. The zero-order chi connectivity index (χ0) is 10.7. The molecule has 2 N–H and O–H groups in total. The Labute approximate surface area is 87.8 Å². The Morgan fingerprint density at radius 3 is 2.87 bits per heavy atom. The molecule has 15 heavy (non-hydrogen) atoms. The summed E-state index contributed by atoms with van der Waals surface area (Å²) in [6, 6.07) is 3.66. The van der Waals surface area contributed by atoms with Crippen LogP contribution in [-0.2, 0) is 17.8 Å². The van der Waals surface area contributed by atoms with Crippen molar-refractivity contribution in [2.45, 2.75) is 19.5 Å². The number of furan rings is 1. The standard InChI is InChI=1S/C10H14N2O3/c11-6-8-2-3-9(15-8)7-12-4-1-5-14-10(12)13/h2-3H,1,4-7,11H2. The van der Waals surface area contributed by atoms with Gasteiger partial charge in [-0.05, 0) is 18.6 Å². The molecule has 82 valence electrons. The Morgan fingerprint density at radius 2 is 2.20 bits per heavy atom. The summed E-state index contributed by atoms with van der Waals surface area (Å²) in [4.78, 5) is 12.9. The van der Waals surface area contributed by atoms with Crippen LogP contribution in [0, 0.1) is 0 Å². The van der Waals surface area contributed by atoms with Gasteiger partial charge in [-0.2, -0.15) is 0 Å². The third kappa shape index (κ3) is 2.30. The van der Waals surface area contributed by atoms with Crippen LogP contribution >= 0.6 is 0 Å². The van der Waals surface area contributed by atoms with Crippen molar-refractivity contribution in [2.24, 2.45) is 5.73 Å². The smallest absolute Gasteiger partial charge is 0.410 e. The molecule has 1 aromatic rings. The largest absolute Gasteiger partial charge is 0.463 e. The number of amides is 1. The number of nitrogens with two attached hydrogens (primary N) is 1. The lowest BCUT2D eigenvalue weighted by molar-refractivity contribution is 0.0672. The summed E-state index contributed by atoms with van der Waals surface area (Å²) in [5.41, 5.74) is 5.42. The van der Waals surface area contributed by atoms with Gasteiger partial charge >= 0.3 is 6.09 Å². The topological polar surface area (TPSA) is 68.7 Å². The maximum atomic E-state index is 11.3. The van der Waals surface area contributed by atoms with E-state index in [0.717, 1.165) is 24.5 Å². The van der Waals surface area contributed by atoms with Gasteiger partial charge in [0.25, 0.3) is 0 Å². The molecule has 1 saturated heterocycles. The minimum Gasteiger partial charge on any atom is -0.463 e. The highest BCUT2D eigenvalue weighted by Gasteiger charge is 2.20. The summed E-state index contributed by atoms with van der Waals surface area (Å²) < 4.78 is 10.3. The molecule has 1 amide bonds. The fraction of sp³-hybridized carbons (Fsp3) is 0.500. The van der Waals surface area contributed by atoms with Crippen molar-refractivity contribution in [2.75, 3.05) is 13.2 Å². The van der Waals surface area contributed by atoms with E-state index in [-0.39, 0.29) is 6.09 Å². The van der Waals surface area contributed by atoms with Gasteiger partial charge in [0.15, 0.2) is 0 Å². The van der Waals surface area contributed by atoms with Crippen LogP contribution in [0.3, 0.4) is 0 Å². The van der Waals surface area contributed by atoms with Gasteiger partial charge in [0.05, 0.1) is 19.7 Å². The SMILES string of the molecule is NCc1ccc(CN2CCCOC2=O)o1. The van der Waals surface area contributed by atoms with Crippen molar-refractivity contribution < 1.29 is 13.9 Å². The summed E-state index contributed by atoms with van der Waals surface area (Å²) in [5.74, 6) is 1.48. The second-order valence-corrected chi connectivity index (χ2v) is 3.46. The first-order valence-electron chi connectivity index (χ1n) is 4.99. The Hall–Kier alpha value is -1.49. The van der Waals surface area contributed by atoms with Crippen molar-refractivity contribution >= 4 is 6.09 Å². The number of carbonyl (C=O) groups is 1. The first-order chi connectivity index (χ1) is 7.29. The molecule has 2 heterocycles. The van der Waals surface area contributed by atoms with Gasteiger partial charge in [0.1, 0.15) is 11.5 Å². The Balaban J connectivity index is 1.98. The van der Waals surface area contributed by atoms with Gasteiger partial charge in [0, 0.05) is 6.54 Å². The maximum Gasteiger partial charge on any atom is 0.410 e.